The van der Waals surface area contributed by atoms with Crippen molar-refractivity contribution >= 4 is 57.9 Å². The molecule has 0 spiro atoms. The molecule has 4 aromatic carbocycles. The van der Waals surface area contributed by atoms with E-state index >= 15 is 0 Å². The Hall–Kier alpha value is -2.81. The fraction of sp³-hybridized carbons (Fsp3) is 0.333. The van der Waals surface area contributed by atoms with Crippen molar-refractivity contribution in [3.05, 3.63) is 90.0 Å². The molecule has 0 saturated carbocycles. The molecule has 0 aromatic heterocycles. The monoisotopic (exact) mass is 646 g/mol. The van der Waals surface area contributed by atoms with E-state index in [4.69, 9.17) is 16.3 Å². The van der Waals surface area contributed by atoms with Crippen LogP contribution in [0.1, 0.15) is 13.3 Å². The molecule has 0 unspecified atom stereocenters. The Bertz CT molecular complexity index is 1560. The van der Waals surface area contributed by atoms with Crippen LogP contribution in [0.15, 0.2) is 105 Å². The second-order valence-electron chi connectivity index (χ2n) is 11.9. The molecule has 0 saturated heterocycles. The van der Waals surface area contributed by atoms with Crippen molar-refractivity contribution in [1.82, 2.24) is 9.80 Å². The maximum atomic E-state index is 6.21. The highest BCUT2D eigenvalue weighted by atomic mass is 35.5. The zero-order valence-corrected chi connectivity index (χ0v) is 29.0. The molecule has 4 aromatic rings. The summed E-state index contributed by atoms with van der Waals surface area (Å²) >= 11 is 9.87. The molecule has 1 atom stereocenters. The molecule has 232 valence electrons. The summed E-state index contributed by atoms with van der Waals surface area (Å²) in [5.74, 6) is 1.48. The Kier molecular flexibility index (Phi) is 11.1. The van der Waals surface area contributed by atoms with E-state index < -0.39 is 0 Å². The number of hydrogen-bond donors (Lipinski definition) is 0. The van der Waals surface area contributed by atoms with Crippen molar-refractivity contribution in [1.29, 1.82) is 0 Å². The van der Waals surface area contributed by atoms with Crippen molar-refractivity contribution in [2.24, 2.45) is 5.92 Å². The van der Waals surface area contributed by atoms with Gasteiger partial charge in [0, 0.05) is 50.3 Å². The summed E-state index contributed by atoms with van der Waals surface area (Å²) in [6.07, 6.45) is 1.12. The molecule has 0 radical (unpaired) electrons. The number of methoxy groups -OCH3 is 1. The van der Waals surface area contributed by atoms with Gasteiger partial charge < -0.3 is 24.3 Å². The predicted molar refractivity (Wildman–Crippen MR) is 190 cm³/mol. The molecule has 5 nitrogen and oxygen atoms in total. The highest BCUT2D eigenvalue weighted by Crippen LogP contribution is 2.50. The lowest BCUT2D eigenvalue weighted by molar-refractivity contribution is 0.342. The molecule has 44 heavy (non-hydrogen) atoms. The molecular formula is C36H43ClN4OS2. The van der Waals surface area contributed by atoms with Gasteiger partial charge in [0.2, 0.25) is 0 Å². The Labute approximate surface area is 277 Å². The number of hydrogen-bond acceptors (Lipinski definition) is 7. The number of anilines is 4. The number of fused-ring (bicyclic) bond motifs is 4. The fourth-order valence-electron chi connectivity index (χ4n) is 5.71. The lowest BCUT2D eigenvalue weighted by Gasteiger charge is -2.35. The standard InChI is InChI=1S/C19H24N2OS.C17H19ClN2S/c1-14(12-20(2)3)13-21-16-7-5-6-8-18(16)23-19-10-9-15(22-4)11-17(19)21;1-19(2)10-5-11-20-14-6-3-4-7-16(14)21-17-9-8-13(18)12-15(17)20/h5-11,14H,12-13H2,1-4H3;3-4,6-9,12H,5,10-11H2,1-2H3/t14-;/m1./s1. The largest absolute Gasteiger partial charge is 0.497 e. The van der Waals surface area contributed by atoms with E-state index in [1.54, 1.807) is 7.11 Å². The van der Waals surface area contributed by atoms with Gasteiger partial charge in [-0.15, -0.1) is 0 Å². The van der Waals surface area contributed by atoms with E-state index in [0.29, 0.717) is 5.92 Å². The molecule has 0 aliphatic carbocycles. The summed E-state index contributed by atoms with van der Waals surface area (Å²) in [4.78, 5) is 14.5. The first-order valence-electron chi connectivity index (χ1n) is 15.1. The van der Waals surface area contributed by atoms with Crippen LogP contribution in [-0.4, -0.2) is 71.3 Å². The van der Waals surface area contributed by atoms with Gasteiger partial charge >= 0.3 is 0 Å². The average molecular weight is 647 g/mol. The third kappa shape index (κ3) is 7.88. The highest BCUT2D eigenvalue weighted by molar-refractivity contribution is 8.00. The summed E-state index contributed by atoms with van der Waals surface area (Å²) in [7, 11) is 10.2. The van der Waals surface area contributed by atoms with Crippen LogP contribution in [0.25, 0.3) is 0 Å². The molecule has 0 bridgehead atoms. The van der Waals surface area contributed by atoms with Gasteiger partial charge in [0.05, 0.1) is 29.9 Å². The van der Waals surface area contributed by atoms with Gasteiger partial charge in [-0.1, -0.05) is 66.3 Å². The van der Waals surface area contributed by atoms with Crippen LogP contribution in [0, 0.1) is 5.92 Å². The first kappa shape index (κ1) is 32.6. The smallest absolute Gasteiger partial charge is 0.121 e. The molecule has 0 amide bonds. The number of nitrogens with zero attached hydrogens (tertiary/aromatic N) is 4. The normalized spacial score (nSPS) is 13.8. The predicted octanol–water partition coefficient (Wildman–Crippen LogP) is 9.39. The molecule has 0 fully saturated rings. The molecule has 2 aliphatic heterocycles. The van der Waals surface area contributed by atoms with Gasteiger partial charge in [-0.05, 0) is 102 Å². The second-order valence-corrected chi connectivity index (χ2v) is 14.5. The third-order valence-electron chi connectivity index (χ3n) is 7.58. The van der Waals surface area contributed by atoms with Crippen LogP contribution in [0.5, 0.6) is 5.75 Å². The van der Waals surface area contributed by atoms with Gasteiger partial charge in [-0.3, -0.25) is 0 Å². The Morgan fingerprint density at radius 3 is 1.89 bits per heavy atom. The molecule has 2 aliphatic rings. The van der Waals surface area contributed by atoms with Gasteiger partial charge in [0.15, 0.2) is 0 Å². The number of rotatable bonds is 9. The van der Waals surface area contributed by atoms with E-state index in [1.165, 1.54) is 42.3 Å². The Morgan fingerprint density at radius 2 is 1.27 bits per heavy atom. The molecule has 0 N–H and O–H groups in total. The minimum absolute atomic E-state index is 0.570. The van der Waals surface area contributed by atoms with Crippen molar-refractivity contribution < 1.29 is 4.74 Å². The number of para-hydroxylation sites is 2. The summed E-state index contributed by atoms with van der Waals surface area (Å²) < 4.78 is 5.44. The number of ether oxygens (including phenoxy) is 1. The molecule has 6 rings (SSSR count). The fourth-order valence-corrected chi connectivity index (χ4v) is 8.03. The minimum atomic E-state index is 0.570. The quantitative estimate of drug-likeness (QED) is 0.178. The van der Waals surface area contributed by atoms with E-state index in [1.807, 2.05) is 35.7 Å². The molecular weight excluding hydrogens is 604 g/mol. The molecule has 2 heterocycles. The maximum Gasteiger partial charge on any atom is 0.121 e. The van der Waals surface area contributed by atoms with Crippen molar-refractivity contribution in [3.63, 3.8) is 0 Å². The van der Waals surface area contributed by atoms with Crippen LogP contribution in [0.4, 0.5) is 22.7 Å². The third-order valence-corrected chi connectivity index (χ3v) is 10.1. The number of halogens is 1. The van der Waals surface area contributed by atoms with Gasteiger partial charge in [-0.25, -0.2) is 0 Å². The van der Waals surface area contributed by atoms with Crippen LogP contribution in [0.2, 0.25) is 5.02 Å². The second kappa shape index (κ2) is 15.0. The Balaban J connectivity index is 0.000000175. The summed E-state index contributed by atoms with van der Waals surface area (Å²) in [6, 6.07) is 29.8. The lowest BCUT2D eigenvalue weighted by Crippen LogP contribution is -2.31. The minimum Gasteiger partial charge on any atom is -0.497 e. The lowest BCUT2D eigenvalue weighted by atomic mass is 10.1. The first-order valence-corrected chi connectivity index (χ1v) is 17.1. The van der Waals surface area contributed by atoms with Gasteiger partial charge in [0.1, 0.15) is 5.75 Å². The highest BCUT2D eigenvalue weighted by Gasteiger charge is 2.25. The van der Waals surface area contributed by atoms with Crippen LogP contribution < -0.4 is 14.5 Å². The van der Waals surface area contributed by atoms with Crippen molar-refractivity contribution in [2.45, 2.75) is 32.9 Å². The van der Waals surface area contributed by atoms with Crippen LogP contribution in [-0.2, 0) is 0 Å². The van der Waals surface area contributed by atoms with Crippen molar-refractivity contribution in [2.75, 3.05) is 71.3 Å². The topological polar surface area (TPSA) is 22.2 Å². The van der Waals surface area contributed by atoms with E-state index in [9.17, 15) is 0 Å². The Morgan fingerprint density at radius 1 is 0.705 bits per heavy atom. The van der Waals surface area contributed by atoms with Crippen LogP contribution in [0.3, 0.4) is 0 Å². The van der Waals surface area contributed by atoms with Gasteiger partial charge in [-0.2, -0.15) is 0 Å². The molecule has 8 heteroatoms. The van der Waals surface area contributed by atoms with Crippen molar-refractivity contribution in [3.8, 4) is 5.75 Å². The average Bonchev–Trinajstić information content (AvgIpc) is 3.00. The first-order chi connectivity index (χ1) is 21.2. The van der Waals surface area contributed by atoms with E-state index in [2.05, 4.69) is 128 Å². The van der Waals surface area contributed by atoms with Gasteiger partial charge in [0.25, 0.3) is 0 Å². The SMILES string of the molecule is CN(C)CCCN1c2ccccc2Sc2ccc(Cl)cc21.COc1ccc2c(c1)N(C[C@H](C)CN(C)C)c1ccccc1S2. The van der Waals surface area contributed by atoms with E-state index in [0.717, 1.165) is 43.4 Å². The summed E-state index contributed by atoms with van der Waals surface area (Å²) in [6.45, 7) is 6.47. The summed E-state index contributed by atoms with van der Waals surface area (Å²) in [5, 5.41) is 0.798. The number of benzene rings is 4. The maximum absolute atomic E-state index is 6.21. The zero-order chi connectivity index (χ0) is 31.2. The van der Waals surface area contributed by atoms with Crippen LogP contribution >= 0.6 is 35.1 Å². The summed E-state index contributed by atoms with van der Waals surface area (Å²) in [5.41, 5.74) is 5.06. The van der Waals surface area contributed by atoms with E-state index in [-0.39, 0.29) is 0 Å². The zero-order valence-electron chi connectivity index (χ0n) is 26.6.